The van der Waals surface area contributed by atoms with E-state index in [-0.39, 0.29) is 17.9 Å². The Balaban J connectivity index is 1.50. The van der Waals surface area contributed by atoms with Gasteiger partial charge in [-0.25, -0.2) is 4.79 Å². The molecule has 0 bridgehead atoms. The number of carboxylic acid groups (broad SMARTS) is 1. The van der Waals surface area contributed by atoms with Gasteiger partial charge in [-0.05, 0) is 78.2 Å². The van der Waals surface area contributed by atoms with Crippen LogP contribution in [0.2, 0.25) is 5.02 Å². The lowest BCUT2D eigenvalue weighted by atomic mass is 10.1. The van der Waals surface area contributed by atoms with Crippen LogP contribution >= 0.6 is 11.6 Å². The summed E-state index contributed by atoms with van der Waals surface area (Å²) in [6, 6.07) is 9.38. The highest BCUT2D eigenvalue weighted by Crippen LogP contribution is 2.20. The number of aromatic nitrogens is 4. The second-order valence-electron chi connectivity index (χ2n) is 8.87. The largest absolute Gasteiger partial charge is 0.478 e. The number of hydrogen-bond acceptors (Lipinski definition) is 7. The summed E-state index contributed by atoms with van der Waals surface area (Å²) in [6.45, 7) is 1.21. The number of amides is 3. The average Bonchev–Trinajstić information content (AvgIpc) is 3.47. The summed E-state index contributed by atoms with van der Waals surface area (Å²) >= 11 is 6.13. The third-order valence-electron chi connectivity index (χ3n) is 6.12. The van der Waals surface area contributed by atoms with Crippen LogP contribution in [0.4, 0.5) is 5.69 Å². The molecule has 1 aromatic heterocycles. The van der Waals surface area contributed by atoms with Crippen molar-refractivity contribution in [3.63, 3.8) is 0 Å². The molecule has 13 heteroatoms. The zero-order valence-electron chi connectivity index (χ0n) is 20.8. The van der Waals surface area contributed by atoms with Gasteiger partial charge in [0.2, 0.25) is 17.7 Å². The SMILES string of the molecule is O=C(/C=C/c1cc(Cl)ccc1-n1cnnn1)N[C@@H](CC(=O)N1CCCCC1)C(=O)Nc1ccc(C(=O)O)cc1. The van der Waals surface area contributed by atoms with Crippen LogP contribution in [0, 0.1) is 0 Å². The first-order valence-electron chi connectivity index (χ1n) is 12.2. The molecular formula is C26H26ClN7O5. The van der Waals surface area contributed by atoms with Gasteiger partial charge in [0.1, 0.15) is 12.4 Å². The number of tetrazole rings is 1. The summed E-state index contributed by atoms with van der Waals surface area (Å²) in [5.41, 5.74) is 1.52. The van der Waals surface area contributed by atoms with Crippen molar-refractivity contribution in [2.24, 2.45) is 0 Å². The molecule has 39 heavy (non-hydrogen) atoms. The minimum atomic E-state index is -1.17. The van der Waals surface area contributed by atoms with Crippen LogP contribution < -0.4 is 10.6 Å². The summed E-state index contributed by atoms with van der Waals surface area (Å²) < 4.78 is 1.41. The predicted molar refractivity (Wildman–Crippen MR) is 142 cm³/mol. The molecule has 3 N–H and O–H groups in total. The van der Waals surface area contributed by atoms with Crippen LogP contribution in [0.1, 0.15) is 41.6 Å². The number of aromatic carboxylic acids is 1. The van der Waals surface area contributed by atoms with E-state index in [1.54, 1.807) is 23.1 Å². The standard InChI is InChI=1S/C26H26ClN7O5/c27-19-7-10-22(34-16-28-31-32-34)18(14-19)6-11-23(35)30-21(15-24(36)33-12-2-1-3-13-33)25(37)29-20-8-4-17(5-9-20)26(38)39/h4-11,14,16,21H,1-3,12-13,15H2,(H,29,37)(H,30,35)(H,38,39)/b11-6+/t21-/m0/s1. The van der Waals surface area contributed by atoms with Crippen molar-refractivity contribution in [3.8, 4) is 5.69 Å². The number of benzene rings is 2. The number of carbonyl (C=O) groups excluding carboxylic acids is 3. The maximum atomic E-state index is 13.1. The van der Waals surface area contributed by atoms with E-state index in [9.17, 15) is 19.2 Å². The summed E-state index contributed by atoms with van der Waals surface area (Å²) in [7, 11) is 0. The molecule has 0 spiro atoms. The van der Waals surface area contributed by atoms with Crippen molar-refractivity contribution in [3.05, 3.63) is 71.0 Å². The van der Waals surface area contributed by atoms with E-state index in [1.165, 1.54) is 47.4 Å². The average molecular weight is 552 g/mol. The Hall–Kier alpha value is -4.58. The first-order valence-corrected chi connectivity index (χ1v) is 12.6. The van der Waals surface area contributed by atoms with Gasteiger partial charge in [-0.3, -0.25) is 14.4 Å². The van der Waals surface area contributed by atoms with Crippen molar-refractivity contribution in [1.82, 2.24) is 30.4 Å². The summed E-state index contributed by atoms with van der Waals surface area (Å²) in [6.07, 6.45) is 6.71. The molecule has 1 aliphatic rings. The molecule has 0 aliphatic carbocycles. The fourth-order valence-corrected chi connectivity index (χ4v) is 4.29. The summed E-state index contributed by atoms with van der Waals surface area (Å²) in [4.78, 5) is 51.8. The second kappa shape index (κ2) is 12.8. The van der Waals surface area contributed by atoms with Crippen LogP contribution in [0.15, 0.2) is 54.9 Å². The van der Waals surface area contributed by atoms with Crippen molar-refractivity contribution in [2.45, 2.75) is 31.7 Å². The summed E-state index contributed by atoms with van der Waals surface area (Å²) in [5, 5.41) is 25.9. The van der Waals surface area contributed by atoms with E-state index in [4.69, 9.17) is 16.7 Å². The highest BCUT2D eigenvalue weighted by atomic mass is 35.5. The zero-order valence-corrected chi connectivity index (χ0v) is 21.5. The van der Waals surface area contributed by atoms with Gasteiger partial charge in [0.05, 0.1) is 17.7 Å². The molecule has 3 aromatic rings. The number of anilines is 1. The normalized spacial score (nSPS) is 14.1. The Kier molecular flexibility index (Phi) is 9.00. The Labute approximate surface area is 228 Å². The quantitative estimate of drug-likeness (QED) is 0.342. The van der Waals surface area contributed by atoms with Crippen LogP contribution in [0.5, 0.6) is 0 Å². The highest BCUT2D eigenvalue weighted by Gasteiger charge is 2.27. The third kappa shape index (κ3) is 7.48. The van der Waals surface area contributed by atoms with Gasteiger partial charge < -0.3 is 20.6 Å². The molecule has 1 saturated heterocycles. The second-order valence-corrected chi connectivity index (χ2v) is 9.31. The molecular weight excluding hydrogens is 526 g/mol. The topological polar surface area (TPSA) is 159 Å². The number of hydrogen-bond donors (Lipinski definition) is 3. The first-order chi connectivity index (χ1) is 18.8. The molecule has 12 nitrogen and oxygen atoms in total. The van der Waals surface area contributed by atoms with Crippen molar-refractivity contribution < 1.29 is 24.3 Å². The lowest BCUT2D eigenvalue weighted by Crippen LogP contribution is -2.47. The fraction of sp³-hybridized carbons (Fsp3) is 0.269. The molecule has 2 heterocycles. The van der Waals surface area contributed by atoms with Gasteiger partial charge >= 0.3 is 5.97 Å². The maximum Gasteiger partial charge on any atom is 0.335 e. The van der Waals surface area contributed by atoms with Gasteiger partial charge in [0.15, 0.2) is 0 Å². The van der Waals surface area contributed by atoms with Crippen LogP contribution in [0.25, 0.3) is 11.8 Å². The molecule has 0 radical (unpaired) electrons. The monoisotopic (exact) mass is 551 g/mol. The van der Waals surface area contributed by atoms with E-state index in [0.29, 0.717) is 35.1 Å². The van der Waals surface area contributed by atoms with Crippen molar-refractivity contribution in [1.29, 1.82) is 0 Å². The van der Waals surface area contributed by atoms with Gasteiger partial charge in [-0.2, -0.15) is 4.68 Å². The van der Waals surface area contributed by atoms with Gasteiger partial charge in [0.25, 0.3) is 0 Å². The lowest BCUT2D eigenvalue weighted by molar-refractivity contribution is -0.135. The molecule has 1 aliphatic heterocycles. The number of piperidine rings is 1. The Morgan fingerprint density at radius 3 is 2.46 bits per heavy atom. The number of likely N-dealkylation sites (tertiary alicyclic amines) is 1. The van der Waals surface area contributed by atoms with E-state index < -0.39 is 23.8 Å². The highest BCUT2D eigenvalue weighted by molar-refractivity contribution is 6.30. The Bertz CT molecular complexity index is 1370. The van der Waals surface area contributed by atoms with Gasteiger partial charge in [0, 0.05) is 35.4 Å². The number of carbonyl (C=O) groups is 4. The van der Waals surface area contributed by atoms with E-state index in [0.717, 1.165) is 19.3 Å². The smallest absolute Gasteiger partial charge is 0.335 e. The Morgan fingerprint density at radius 2 is 1.79 bits per heavy atom. The molecule has 0 unspecified atom stereocenters. The number of rotatable bonds is 9. The molecule has 0 saturated carbocycles. The molecule has 202 valence electrons. The van der Waals surface area contributed by atoms with Crippen molar-refractivity contribution in [2.75, 3.05) is 18.4 Å². The molecule has 4 rings (SSSR count). The fourth-order valence-electron chi connectivity index (χ4n) is 4.11. The van der Waals surface area contributed by atoms with Crippen LogP contribution in [-0.4, -0.2) is 73.0 Å². The Morgan fingerprint density at radius 1 is 1.05 bits per heavy atom. The number of nitrogens with zero attached hydrogens (tertiary/aromatic N) is 5. The van der Waals surface area contributed by atoms with Crippen LogP contribution in [-0.2, 0) is 14.4 Å². The van der Waals surface area contributed by atoms with E-state index in [1.807, 2.05) is 0 Å². The summed E-state index contributed by atoms with van der Waals surface area (Å²) in [5.74, 6) is -2.55. The third-order valence-corrected chi connectivity index (χ3v) is 6.35. The zero-order chi connectivity index (χ0) is 27.8. The van der Waals surface area contributed by atoms with E-state index >= 15 is 0 Å². The van der Waals surface area contributed by atoms with Crippen molar-refractivity contribution >= 4 is 47.1 Å². The number of nitrogens with one attached hydrogen (secondary N) is 2. The minimum Gasteiger partial charge on any atom is -0.478 e. The maximum absolute atomic E-state index is 13.1. The molecule has 1 atom stereocenters. The van der Waals surface area contributed by atoms with Gasteiger partial charge in [-0.15, -0.1) is 5.10 Å². The lowest BCUT2D eigenvalue weighted by Gasteiger charge is -2.28. The molecule has 3 amide bonds. The molecule has 1 fully saturated rings. The number of halogens is 1. The first kappa shape index (κ1) is 27.5. The minimum absolute atomic E-state index is 0.0605. The van der Waals surface area contributed by atoms with Crippen LogP contribution in [0.3, 0.4) is 0 Å². The van der Waals surface area contributed by atoms with E-state index in [2.05, 4.69) is 26.2 Å². The molecule has 2 aromatic carbocycles. The number of carboxylic acids is 1. The predicted octanol–water partition coefficient (Wildman–Crippen LogP) is 2.55. The van der Waals surface area contributed by atoms with Gasteiger partial charge in [-0.1, -0.05) is 11.6 Å².